The fourth-order valence-electron chi connectivity index (χ4n) is 2.27. The van der Waals surface area contributed by atoms with Crippen LogP contribution in [-0.2, 0) is 17.1 Å². The number of pyridine rings is 1. The first-order valence-electron chi connectivity index (χ1n) is 7.25. The van der Waals surface area contributed by atoms with Crippen LogP contribution in [-0.4, -0.2) is 30.2 Å². The molecule has 0 saturated heterocycles. The molecule has 24 heavy (non-hydrogen) atoms. The van der Waals surface area contributed by atoms with Gasteiger partial charge in [0, 0.05) is 25.9 Å². The average molecular weight is 343 g/mol. The summed E-state index contributed by atoms with van der Waals surface area (Å²) in [5.74, 6) is 0.657. The maximum absolute atomic E-state index is 12.8. The van der Waals surface area contributed by atoms with E-state index in [2.05, 4.69) is 20.1 Å². The number of nitrogens with one attached hydrogen (secondary N) is 2. The van der Waals surface area contributed by atoms with E-state index in [-0.39, 0.29) is 4.90 Å². The Morgan fingerprint density at radius 2 is 1.83 bits per heavy atom. The molecule has 1 aromatic carbocycles. The van der Waals surface area contributed by atoms with Gasteiger partial charge in [-0.1, -0.05) is 30.3 Å². The summed E-state index contributed by atoms with van der Waals surface area (Å²) < 4.78 is 29.5. The van der Waals surface area contributed by atoms with Gasteiger partial charge in [0.05, 0.1) is 11.9 Å². The van der Waals surface area contributed by atoms with E-state index in [1.54, 1.807) is 26.2 Å². The standard InChI is InChI=1S/C16H17N5O2S/c1-17-15-9-8-13(10-18-15)20-24(22,23)14-11-21(2)19-16(14)12-6-4-3-5-7-12/h3-11,20H,1-2H3,(H,17,18). The van der Waals surface area contributed by atoms with Gasteiger partial charge in [-0.25, -0.2) is 13.4 Å². The summed E-state index contributed by atoms with van der Waals surface area (Å²) in [6.45, 7) is 0. The lowest BCUT2D eigenvalue weighted by molar-refractivity contribution is 0.601. The Bertz CT molecular complexity index is 934. The molecule has 0 bridgehead atoms. The minimum absolute atomic E-state index is 0.119. The van der Waals surface area contributed by atoms with Crippen LogP contribution in [0.15, 0.2) is 59.8 Å². The third-order valence-corrected chi connectivity index (χ3v) is 4.79. The molecule has 0 spiro atoms. The summed E-state index contributed by atoms with van der Waals surface area (Å²) >= 11 is 0. The van der Waals surface area contributed by atoms with Gasteiger partial charge in [-0.2, -0.15) is 5.10 Å². The smallest absolute Gasteiger partial charge is 0.265 e. The molecular weight excluding hydrogens is 326 g/mol. The molecule has 3 rings (SSSR count). The SMILES string of the molecule is CNc1ccc(NS(=O)(=O)c2cn(C)nc2-c2ccccc2)cn1. The minimum atomic E-state index is -3.78. The number of anilines is 2. The second kappa shape index (κ2) is 6.32. The lowest BCUT2D eigenvalue weighted by Crippen LogP contribution is -2.13. The van der Waals surface area contributed by atoms with Crippen LogP contribution >= 0.6 is 0 Å². The number of aryl methyl sites for hydroxylation is 1. The molecular formula is C16H17N5O2S. The van der Waals surface area contributed by atoms with Crippen molar-refractivity contribution in [2.24, 2.45) is 7.05 Å². The molecule has 0 aliphatic carbocycles. The number of aromatic nitrogens is 3. The molecule has 3 aromatic rings. The molecule has 2 N–H and O–H groups in total. The second-order valence-corrected chi connectivity index (χ2v) is 6.82. The van der Waals surface area contributed by atoms with Gasteiger partial charge < -0.3 is 5.32 Å². The van der Waals surface area contributed by atoms with Crippen molar-refractivity contribution in [3.8, 4) is 11.3 Å². The van der Waals surface area contributed by atoms with E-state index >= 15 is 0 Å². The predicted molar refractivity (Wildman–Crippen MR) is 93.2 cm³/mol. The largest absolute Gasteiger partial charge is 0.373 e. The zero-order valence-electron chi connectivity index (χ0n) is 13.3. The van der Waals surface area contributed by atoms with Crippen molar-refractivity contribution in [1.29, 1.82) is 0 Å². The Balaban J connectivity index is 1.98. The summed E-state index contributed by atoms with van der Waals surface area (Å²) in [5.41, 5.74) is 1.53. The first-order chi connectivity index (χ1) is 11.5. The topological polar surface area (TPSA) is 88.9 Å². The Morgan fingerprint density at radius 1 is 1.08 bits per heavy atom. The molecule has 0 unspecified atom stereocenters. The minimum Gasteiger partial charge on any atom is -0.373 e. The fraction of sp³-hybridized carbons (Fsp3) is 0.125. The van der Waals surface area contributed by atoms with Crippen LogP contribution in [0.25, 0.3) is 11.3 Å². The Kier molecular flexibility index (Phi) is 4.22. The maximum Gasteiger partial charge on any atom is 0.265 e. The predicted octanol–water partition coefficient (Wildman–Crippen LogP) is 2.32. The molecule has 124 valence electrons. The first kappa shape index (κ1) is 16.0. The number of benzene rings is 1. The zero-order valence-corrected chi connectivity index (χ0v) is 14.1. The highest BCUT2D eigenvalue weighted by Crippen LogP contribution is 2.27. The van der Waals surface area contributed by atoms with E-state index in [0.717, 1.165) is 5.56 Å². The number of hydrogen-bond donors (Lipinski definition) is 2. The Labute approximate surface area is 140 Å². The van der Waals surface area contributed by atoms with Crippen molar-refractivity contribution in [2.75, 3.05) is 17.1 Å². The molecule has 0 radical (unpaired) electrons. The van der Waals surface area contributed by atoms with E-state index in [1.165, 1.54) is 17.1 Å². The molecule has 0 atom stereocenters. The Morgan fingerprint density at radius 3 is 2.46 bits per heavy atom. The lowest BCUT2D eigenvalue weighted by atomic mass is 10.2. The van der Waals surface area contributed by atoms with E-state index in [1.807, 2.05) is 30.3 Å². The van der Waals surface area contributed by atoms with Gasteiger partial charge in [0.25, 0.3) is 10.0 Å². The van der Waals surface area contributed by atoms with Gasteiger partial charge in [0.15, 0.2) is 0 Å². The molecule has 0 amide bonds. The summed E-state index contributed by atoms with van der Waals surface area (Å²) in [4.78, 5) is 4.22. The normalized spacial score (nSPS) is 11.2. The van der Waals surface area contributed by atoms with Crippen LogP contribution < -0.4 is 10.0 Å². The number of rotatable bonds is 5. The van der Waals surface area contributed by atoms with E-state index < -0.39 is 10.0 Å². The number of nitrogens with zero attached hydrogens (tertiary/aromatic N) is 3. The highest BCUT2D eigenvalue weighted by Gasteiger charge is 2.23. The molecule has 0 fully saturated rings. The van der Waals surface area contributed by atoms with Crippen LogP contribution in [0.1, 0.15) is 0 Å². The highest BCUT2D eigenvalue weighted by molar-refractivity contribution is 7.92. The zero-order chi connectivity index (χ0) is 17.2. The third-order valence-electron chi connectivity index (χ3n) is 3.40. The molecule has 2 aromatic heterocycles. The van der Waals surface area contributed by atoms with Gasteiger partial charge in [-0.3, -0.25) is 9.40 Å². The summed E-state index contributed by atoms with van der Waals surface area (Å²) in [5, 5.41) is 7.17. The molecule has 0 aliphatic heterocycles. The molecule has 8 heteroatoms. The van der Waals surface area contributed by atoms with Crippen molar-refractivity contribution in [1.82, 2.24) is 14.8 Å². The van der Waals surface area contributed by atoms with Gasteiger partial charge in [-0.05, 0) is 12.1 Å². The quantitative estimate of drug-likeness (QED) is 0.742. The molecule has 7 nitrogen and oxygen atoms in total. The van der Waals surface area contributed by atoms with Crippen molar-refractivity contribution >= 4 is 21.5 Å². The number of hydrogen-bond acceptors (Lipinski definition) is 5. The van der Waals surface area contributed by atoms with E-state index in [9.17, 15) is 8.42 Å². The summed E-state index contributed by atoms with van der Waals surface area (Å²) in [6, 6.07) is 12.5. The second-order valence-electron chi connectivity index (χ2n) is 5.17. The van der Waals surface area contributed by atoms with Crippen LogP contribution in [0, 0.1) is 0 Å². The van der Waals surface area contributed by atoms with Crippen molar-refractivity contribution in [2.45, 2.75) is 4.90 Å². The van der Waals surface area contributed by atoms with Crippen molar-refractivity contribution in [3.05, 3.63) is 54.9 Å². The van der Waals surface area contributed by atoms with Crippen molar-refractivity contribution < 1.29 is 8.42 Å². The van der Waals surface area contributed by atoms with Gasteiger partial charge >= 0.3 is 0 Å². The molecule has 2 heterocycles. The molecule has 0 aliphatic rings. The summed E-state index contributed by atoms with van der Waals surface area (Å²) in [6.07, 6.45) is 2.95. The van der Waals surface area contributed by atoms with Gasteiger partial charge in [0.1, 0.15) is 16.4 Å². The molecule has 0 saturated carbocycles. The van der Waals surface area contributed by atoms with Crippen LogP contribution in [0.5, 0.6) is 0 Å². The lowest BCUT2D eigenvalue weighted by Gasteiger charge is -2.08. The Hall–Kier alpha value is -2.87. The number of sulfonamides is 1. The maximum atomic E-state index is 12.8. The average Bonchev–Trinajstić information content (AvgIpc) is 2.99. The van der Waals surface area contributed by atoms with Gasteiger partial charge in [0.2, 0.25) is 0 Å². The van der Waals surface area contributed by atoms with Crippen LogP contribution in [0.4, 0.5) is 11.5 Å². The third kappa shape index (κ3) is 3.23. The fourth-order valence-corrected chi connectivity index (χ4v) is 3.52. The highest BCUT2D eigenvalue weighted by atomic mass is 32.2. The summed E-state index contributed by atoms with van der Waals surface area (Å²) in [7, 11) is -0.351. The van der Waals surface area contributed by atoms with E-state index in [0.29, 0.717) is 17.2 Å². The van der Waals surface area contributed by atoms with Crippen LogP contribution in [0.2, 0.25) is 0 Å². The van der Waals surface area contributed by atoms with Crippen molar-refractivity contribution in [3.63, 3.8) is 0 Å². The van der Waals surface area contributed by atoms with Gasteiger partial charge in [-0.15, -0.1) is 0 Å². The van der Waals surface area contributed by atoms with Crippen LogP contribution in [0.3, 0.4) is 0 Å². The first-order valence-corrected chi connectivity index (χ1v) is 8.73. The monoisotopic (exact) mass is 343 g/mol. The van der Waals surface area contributed by atoms with E-state index in [4.69, 9.17) is 0 Å².